The zero-order valence-corrected chi connectivity index (χ0v) is 14.9. The Morgan fingerprint density at radius 3 is 2.92 bits per heavy atom. The number of nitrogens with one attached hydrogen (secondary N) is 1. The lowest BCUT2D eigenvalue weighted by Crippen LogP contribution is -2.19. The fourth-order valence-electron chi connectivity index (χ4n) is 2.35. The van der Waals surface area contributed by atoms with Gasteiger partial charge < -0.3 is 9.84 Å². The highest BCUT2D eigenvalue weighted by Gasteiger charge is 2.07. The molecule has 0 bridgehead atoms. The molecule has 0 aliphatic rings. The van der Waals surface area contributed by atoms with Gasteiger partial charge in [0, 0.05) is 22.0 Å². The predicted octanol–water partition coefficient (Wildman–Crippen LogP) is 3.19. The number of para-hydroxylation sites is 2. The average molecular weight is 367 g/mol. The van der Waals surface area contributed by atoms with E-state index >= 15 is 0 Å². The van der Waals surface area contributed by atoms with E-state index in [-0.39, 0.29) is 17.4 Å². The van der Waals surface area contributed by atoms with E-state index in [1.54, 1.807) is 24.4 Å². The van der Waals surface area contributed by atoms with Gasteiger partial charge in [0.1, 0.15) is 0 Å². The minimum Gasteiger partial charge on any atom is -0.504 e. The number of phenolic OH excluding ortho intramolecular Hbond substituents is 1. The molecular weight excluding hydrogens is 350 g/mol. The second-order valence-corrected chi connectivity index (χ2v) is 6.33. The Labute approximate surface area is 154 Å². The average Bonchev–Trinajstić information content (AvgIpc) is 2.67. The number of ether oxygens (including phenoxy) is 1. The number of pyridine rings is 1. The number of hydrazone groups is 1. The first kappa shape index (κ1) is 17.8. The van der Waals surface area contributed by atoms with Crippen molar-refractivity contribution in [3.05, 3.63) is 60.3 Å². The first-order valence-electron chi connectivity index (χ1n) is 7.83. The molecule has 0 atom stereocenters. The van der Waals surface area contributed by atoms with Crippen LogP contribution < -0.4 is 10.2 Å². The molecule has 1 aromatic heterocycles. The minimum atomic E-state index is -0.249. The molecule has 0 unspecified atom stereocenters. The van der Waals surface area contributed by atoms with Crippen LogP contribution in [0.4, 0.5) is 0 Å². The first-order chi connectivity index (χ1) is 12.7. The van der Waals surface area contributed by atoms with Crippen LogP contribution in [0, 0.1) is 0 Å². The van der Waals surface area contributed by atoms with Crippen molar-refractivity contribution in [2.24, 2.45) is 5.10 Å². The number of benzene rings is 2. The molecule has 0 saturated carbocycles. The maximum atomic E-state index is 12.0. The summed E-state index contributed by atoms with van der Waals surface area (Å²) >= 11 is 1.40. The highest BCUT2D eigenvalue weighted by Crippen LogP contribution is 2.28. The summed E-state index contributed by atoms with van der Waals surface area (Å²) in [5.74, 6) is 0.280. The summed E-state index contributed by atoms with van der Waals surface area (Å²) in [6.45, 7) is 0. The molecule has 3 aromatic rings. The molecule has 6 nitrogen and oxygen atoms in total. The van der Waals surface area contributed by atoms with Crippen LogP contribution in [0.5, 0.6) is 11.5 Å². The molecule has 132 valence electrons. The molecule has 1 amide bonds. The van der Waals surface area contributed by atoms with E-state index in [1.807, 2.05) is 30.3 Å². The molecule has 0 saturated heterocycles. The van der Waals surface area contributed by atoms with Gasteiger partial charge >= 0.3 is 0 Å². The second kappa shape index (κ2) is 8.35. The second-order valence-electron chi connectivity index (χ2n) is 5.31. The number of carbonyl (C=O) groups is 1. The number of nitrogens with zero attached hydrogens (tertiary/aromatic N) is 2. The lowest BCUT2D eigenvalue weighted by Gasteiger charge is -2.05. The van der Waals surface area contributed by atoms with Gasteiger partial charge in [0.05, 0.1) is 24.6 Å². The Kier molecular flexibility index (Phi) is 5.70. The van der Waals surface area contributed by atoms with Crippen LogP contribution in [-0.4, -0.2) is 35.1 Å². The van der Waals surface area contributed by atoms with Gasteiger partial charge in [-0.3, -0.25) is 9.78 Å². The van der Waals surface area contributed by atoms with E-state index in [0.717, 1.165) is 15.8 Å². The van der Waals surface area contributed by atoms with Gasteiger partial charge in [0.25, 0.3) is 0 Å². The summed E-state index contributed by atoms with van der Waals surface area (Å²) < 4.78 is 5.03. The Hall–Kier alpha value is -3.06. The van der Waals surface area contributed by atoms with Gasteiger partial charge in [0.2, 0.25) is 5.91 Å². The quantitative estimate of drug-likeness (QED) is 0.397. The first-order valence-corrected chi connectivity index (χ1v) is 8.82. The number of hydrogen-bond donors (Lipinski definition) is 2. The molecule has 3 rings (SSSR count). The number of phenols is 1. The zero-order chi connectivity index (χ0) is 18.4. The van der Waals surface area contributed by atoms with Crippen LogP contribution in [0.25, 0.3) is 10.9 Å². The molecule has 0 aliphatic heterocycles. The topological polar surface area (TPSA) is 83.8 Å². The van der Waals surface area contributed by atoms with E-state index in [4.69, 9.17) is 4.74 Å². The highest BCUT2D eigenvalue weighted by atomic mass is 32.2. The summed E-state index contributed by atoms with van der Waals surface area (Å²) in [6, 6.07) is 14.8. The molecule has 0 aliphatic carbocycles. The molecular formula is C19H17N3O3S. The van der Waals surface area contributed by atoms with Crippen molar-refractivity contribution in [1.29, 1.82) is 0 Å². The number of methoxy groups -OCH3 is 1. The summed E-state index contributed by atoms with van der Waals surface area (Å²) in [5, 5.41) is 14.9. The molecule has 0 fully saturated rings. The number of amides is 1. The van der Waals surface area contributed by atoms with Crippen LogP contribution in [-0.2, 0) is 4.79 Å². The van der Waals surface area contributed by atoms with Crippen molar-refractivity contribution < 1.29 is 14.6 Å². The van der Waals surface area contributed by atoms with Gasteiger partial charge in [-0.05, 0) is 24.3 Å². The van der Waals surface area contributed by atoms with Crippen LogP contribution in [0.15, 0.2) is 64.7 Å². The standard InChI is InChI=1S/C19H17N3O3S/c1-25-15-8-2-6-14(19(15)24)11-21-22-17(23)12-26-16-9-3-5-13-7-4-10-20-18(13)16/h2-11,24H,12H2,1H3,(H,22,23). The zero-order valence-electron chi connectivity index (χ0n) is 14.0. The van der Waals surface area contributed by atoms with E-state index in [1.165, 1.54) is 25.1 Å². The normalized spacial score (nSPS) is 11.0. The van der Waals surface area contributed by atoms with Gasteiger partial charge in [-0.2, -0.15) is 5.10 Å². The van der Waals surface area contributed by atoms with E-state index in [2.05, 4.69) is 15.5 Å². The van der Waals surface area contributed by atoms with Crippen molar-refractivity contribution in [2.75, 3.05) is 12.9 Å². The maximum Gasteiger partial charge on any atom is 0.250 e. The number of thioether (sulfide) groups is 1. The van der Waals surface area contributed by atoms with Crippen LogP contribution in [0.3, 0.4) is 0 Å². The molecule has 0 spiro atoms. The third-order valence-corrected chi connectivity index (χ3v) is 4.64. The summed E-state index contributed by atoms with van der Waals surface area (Å²) in [6.07, 6.45) is 3.11. The molecule has 1 heterocycles. The Morgan fingerprint density at radius 2 is 2.08 bits per heavy atom. The van der Waals surface area contributed by atoms with Crippen molar-refractivity contribution in [2.45, 2.75) is 4.90 Å². The number of fused-ring (bicyclic) bond motifs is 1. The van der Waals surface area contributed by atoms with Gasteiger partial charge in [0.15, 0.2) is 11.5 Å². The number of rotatable bonds is 6. The number of carbonyl (C=O) groups excluding carboxylic acids is 1. The largest absolute Gasteiger partial charge is 0.504 e. The Bertz CT molecular complexity index is 954. The van der Waals surface area contributed by atoms with Crippen molar-refractivity contribution in [3.8, 4) is 11.5 Å². The number of hydrogen-bond acceptors (Lipinski definition) is 6. The fourth-order valence-corrected chi connectivity index (χ4v) is 3.18. The van der Waals surface area contributed by atoms with E-state index in [9.17, 15) is 9.90 Å². The van der Waals surface area contributed by atoms with Gasteiger partial charge in [-0.25, -0.2) is 5.43 Å². The van der Waals surface area contributed by atoms with E-state index in [0.29, 0.717) is 11.3 Å². The Morgan fingerprint density at radius 1 is 1.27 bits per heavy atom. The van der Waals surface area contributed by atoms with E-state index < -0.39 is 0 Å². The van der Waals surface area contributed by atoms with Gasteiger partial charge in [-0.15, -0.1) is 11.8 Å². The van der Waals surface area contributed by atoms with Gasteiger partial charge in [-0.1, -0.05) is 24.3 Å². The third kappa shape index (κ3) is 4.12. The summed E-state index contributed by atoms with van der Waals surface area (Å²) in [7, 11) is 1.47. The lowest BCUT2D eigenvalue weighted by atomic mass is 10.2. The van der Waals surface area contributed by atoms with Crippen LogP contribution in [0.2, 0.25) is 0 Å². The minimum absolute atomic E-state index is 0.0239. The summed E-state index contributed by atoms with van der Waals surface area (Å²) in [4.78, 5) is 17.3. The monoisotopic (exact) mass is 367 g/mol. The lowest BCUT2D eigenvalue weighted by molar-refractivity contribution is -0.118. The number of aromatic hydroxyl groups is 1. The third-order valence-electron chi connectivity index (χ3n) is 3.60. The molecule has 0 radical (unpaired) electrons. The summed E-state index contributed by atoms with van der Waals surface area (Å²) in [5.41, 5.74) is 3.78. The van der Waals surface area contributed by atoms with Crippen molar-refractivity contribution in [1.82, 2.24) is 10.4 Å². The fraction of sp³-hybridized carbons (Fsp3) is 0.105. The number of aromatic nitrogens is 1. The SMILES string of the molecule is COc1cccc(C=NNC(=O)CSc2cccc3cccnc23)c1O. The van der Waals surface area contributed by atoms with Crippen LogP contribution in [0.1, 0.15) is 5.56 Å². The molecule has 26 heavy (non-hydrogen) atoms. The highest BCUT2D eigenvalue weighted by molar-refractivity contribution is 8.00. The van der Waals surface area contributed by atoms with Crippen molar-refractivity contribution in [3.63, 3.8) is 0 Å². The predicted molar refractivity (Wildman–Crippen MR) is 103 cm³/mol. The van der Waals surface area contributed by atoms with Crippen molar-refractivity contribution >= 4 is 34.8 Å². The molecule has 2 N–H and O–H groups in total. The van der Waals surface area contributed by atoms with Crippen LogP contribution >= 0.6 is 11.8 Å². The molecule has 7 heteroatoms. The maximum absolute atomic E-state index is 12.0. The smallest absolute Gasteiger partial charge is 0.250 e. The molecule has 2 aromatic carbocycles. The Balaban J connectivity index is 1.59.